The van der Waals surface area contributed by atoms with E-state index in [-0.39, 0.29) is 17.5 Å². The summed E-state index contributed by atoms with van der Waals surface area (Å²) in [5.74, 6) is 0.813. The van der Waals surface area contributed by atoms with Crippen molar-refractivity contribution in [3.05, 3.63) is 29.8 Å². The third-order valence-corrected chi connectivity index (χ3v) is 3.48. The van der Waals surface area contributed by atoms with Gasteiger partial charge in [-0.05, 0) is 0 Å². The zero-order valence-electron chi connectivity index (χ0n) is 13.3. The Balaban J connectivity index is 1.69. The van der Waals surface area contributed by atoms with Crippen LogP contribution in [0.4, 0.5) is 17.3 Å². The third-order valence-electron chi connectivity index (χ3n) is 3.48. The van der Waals surface area contributed by atoms with Crippen molar-refractivity contribution in [2.24, 2.45) is 0 Å². The highest BCUT2D eigenvalue weighted by molar-refractivity contribution is 5.82. The fourth-order valence-electron chi connectivity index (χ4n) is 2.25. The lowest BCUT2D eigenvalue weighted by Crippen LogP contribution is -2.42. The number of carbonyl (C=O) groups is 1. The minimum atomic E-state index is 0.0159. The predicted octanol–water partition coefficient (Wildman–Crippen LogP) is 0.0947. The lowest BCUT2D eigenvalue weighted by atomic mass is 10.2. The van der Waals surface area contributed by atoms with Gasteiger partial charge in [0, 0.05) is 25.7 Å². The highest BCUT2D eigenvalue weighted by Gasteiger charge is 2.14. The molecule has 3 rings (SSSR count). The molecule has 0 bridgehead atoms. The molecule has 1 atom stereocenters. The standard InChI is InChI=1S/C15H16N8O2/c16-4-10-5-20-15(8-18-10)21-14-3-12(13(9-24)22-23-14)19-7-11-6-17-1-2-25-11/h3,5,8-9,11,17H,1-2,6-7H2,(H2,19,20,21,23). The zero-order valence-corrected chi connectivity index (χ0v) is 13.3. The molecule has 1 aliphatic heterocycles. The van der Waals surface area contributed by atoms with E-state index in [9.17, 15) is 4.79 Å². The molecule has 0 aromatic carbocycles. The van der Waals surface area contributed by atoms with Crippen LogP contribution in [-0.2, 0) is 4.74 Å². The van der Waals surface area contributed by atoms with Crippen LogP contribution in [0.2, 0.25) is 0 Å². The Morgan fingerprint density at radius 3 is 2.96 bits per heavy atom. The molecule has 0 amide bonds. The first-order valence-corrected chi connectivity index (χ1v) is 7.67. The van der Waals surface area contributed by atoms with Crippen molar-refractivity contribution in [1.82, 2.24) is 25.5 Å². The molecule has 0 aliphatic carbocycles. The lowest BCUT2D eigenvalue weighted by Gasteiger charge is -2.24. The van der Waals surface area contributed by atoms with Crippen LogP contribution in [0.1, 0.15) is 16.2 Å². The van der Waals surface area contributed by atoms with Crippen LogP contribution in [0, 0.1) is 11.3 Å². The molecule has 3 heterocycles. The van der Waals surface area contributed by atoms with Crippen molar-refractivity contribution in [3.63, 3.8) is 0 Å². The molecule has 3 N–H and O–H groups in total. The number of nitrogens with one attached hydrogen (secondary N) is 3. The number of aromatic nitrogens is 4. The third kappa shape index (κ3) is 4.43. The monoisotopic (exact) mass is 340 g/mol. The van der Waals surface area contributed by atoms with E-state index in [0.717, 1.165) is 13.1 Å². The highest BCUT2D eigenvalue weighted by atomic mass is 16.5. The van der Waals surface area contributed by atoms with Crippen LogP contribution in [0.15, 0.2) is 18.5 Å². The number of nitrogens with zero attached hydrogens (tertiary/aromatic N) is 5. The van der Waals surface area contributed by atoms with Gasteiger partial charge in [-0.15, -0.1) is 10.2 Å². The van der Waals surface area contributed by atoms with E-state index in [4.69, 9.17) is 10.00 Å². The maximum absolute atomic E-state index is 11.2. The largest absolute Gasteiger partial charge is 0.380 e. The van der Waals surface area contributed by atoms with Gasteiger partial charge in [-0.3, -0.25) is 4.79 Å². The van der Waals surface area contributed by atoms with Crippen molar-refractivity contribution >= 4 is 23.6 Å². The normalized spacial score (nSPS) is 16.7. The lowest BCUT2D eigenvalue weighted by molar-refractivity contribution is 0.0372. The summed E-state index contributed by atoms with van der Waals surface area (Å²) in [6.45, 7) is 2.78. The van der Waals surface area contributed by atoms with E-state index in [2.05, 4.69) is 36.1 Å². The van der Waals surface area contributed by atoms with Crippen LogP contribution >= 0.6 is 0 Å². The van der Waals surface area contributed by atoms with Crippen molar-refractivity contribution < 1.29 is 9.53 Å². The second-order valence-corrected chi connectivity index (χ2v) is 5.25. The summed E-state index contributed by atoms with van der Waals surface area (Å²) in [7, 11) is 0. The number of morpholine rings is 1. The number of nitriles is 1. The molecule has 0 radical (unpaired) electrons. The van der Waals surface area contributed by atoms with Gasteiger partial charge < -0.3 is 20.7 Å². The number of hydrogen-bond acceptors (Lipinski definition) is 10. The number of ether oxygens (including phenoxy) is 1. The quantitative estimate of drug-likeness (QED) is 0.620. The second kappa shape index (κ2) is 8.09. The van der Waals surface area contributed by atoms with Gasteiger partial charge in [0.1, 0.15) is 17.6 Å². The van der Waals surface area contributed by atoms with Gasteiger partial charge in [0.2, 0.25) is 0 Å². The fraction of sp³-hybridized carbons (Fsp3) is 0.333. The molecule has 1 unspecified atom stereocenters. The van der Waals surface area contributed by atoms with E-state index in [1.807, 2.05) is 6.07 Å². The van der Waals surface area contributed by atoms with Gasteiger partial charge in [-0.25, -0.2) is 9.97 Å². The number of anilines is 3. The molecule has 0 spiro atoms. The first kappa shape index (κ1) is 16.7. The molecular formula is C15H16N8O2. The Morgan fingerprint density at radius 1 is 1.36 bits per heavy atom. The number of hydrogen-bond donors (Lipinski definition) is 3. The van der Waals surface area contributed by atoms with E-state index in [1.54, 1.807) is 6.07 Å². The van der Waals surface area contributed by atoms with Gasteiger partial charge in [0.25, 0.3) is 0 Å². The van der Waals surface area contributed by atoms with E-state index < -0.39 is 0 Å². The van der Waals surface area contributed by atoms with Crippen LogP contribution in [0.3, 0.4) is 0 Å². The van der Waals surface area contributed by atoms with E-state index in [1.165, 1.54) is 12.4 Å². The molecule has 25 heavy (non-hydrogen) atoms. The van der Waals surface area contributed by atoms with Crippen LogP contribution in [-0.4, -0.2) is 58.8 Å². The number of rotatable bonds is 6. The van der Waals surface area contributed by atoms with Crippen LogP contribution in [0.5, 0.6) is 0 Å². The summed E-state index contributed by atoms with van der Waals surface area (Å²) in [5.41, 5.74) is 0.972. The molecule has 2 aromatic heterocycles. The minimum absolute atomic E-state index is 0.0159. The summed E-state index contributed by atoms with van der Waals surface area (Å²) >= 11 is 0. The van der Waals surface area contributed by atoms with Gasteiger partial charge in [-0.1, -0.05) is 0 Å². The Labute approximate surface area is 143 Å². The highest BCUT2D eigenvalue weighted by Crippen LogP contribution is 2.18. The van der Waals surface area contributed by atoms with Crippen LogP contribution in [0.25, 0.3) is 0 Å². The average Bonchev–Trinajstić information content (AvgIpc) is 2.68. The molecule has 1 fully saturated rings. The summed E-state index contributed by atoms with van der Waals surface area (Å²) in [6.07, 6.45) is 3.42. The first-order valence-electron chi connectivity index (χ1n) is 7.67. The van der Waals surface area contributed by atoms with Gasteiger partial charge in [-0.2, -0.15) is 5.26 Å². The smallest absolute Gasteiger partial charge is 0.172 e. The number of carbonyl (C=O) groups excluding carboxylic acids is 1. The van der Waals surface area contributed by atoms with Crippen molar-refractivity contribution in [2.75, 3.05) is 36.9 Å². The van der Waals surface area contributed by atoms with E-state index >= 15 is 0 Å². The van der Waals surface area contributed by atoms with Gasteiger partial charge >= 0.3 is 0 Å². The Bertz CT molecular complexity index is 768. The molecule has 10 heteroatoms. The Morgan fingerprint density at radius 2 is 2.28 bits per heavy atom. The summed E-state index contributed by atoms with van der Waals surface area (Å²) in [5, 5.41) is 25.9. The maximum Gasteiger partial charge on any atom is 0.172 e. The average molecular weight is 340 g/mol. The molecule has 1 saturated heterocycles. The maximum atomic E-state index is 11.2. The SMILES string of the molecule is N#Cc1cnc(Nc2cc(NCC3CNCCO3)c(C=O)nn2)cn1. The zero-order chi connectivity index (χ0) is 17.5. The Kier molecular flexibility index (Phi) is 5.40. The first-order chi connectivity index (χ1) is 12.3. The Hall–Kier alpha value is -3.16. The molecule has 10 nitrogen and oxygen atoms in total. The topological polar surface area (TPSA) is 138 Å². The summed E-state index contributed by atoms with van der Waals surface area (Å²) in [6, 6.07) is 3.55. The van der Waals surface area contributed by atoms with Crippen molar-refractivity contribution in [1.29, 1.82) is 5.26 Å². The van der Waals surface area contributed by atoms with Crippen LogP contribution < -0.4 is 16.0 Å². The predicted molar refractivity (Wildman–Crippen MR) is 88.5 cm³/mol. The molecular weight excluding hydrogens is 324 g/mol. The summed E-state index contributed by atoms with van der Waals surface area (Å²) < 4.78 is 5.61. The molecule has 128 valence electrons. The van der Waals surface area contributed by atoms with Gasteiger partial charge in [0.15, 0.2) is 17.8 Å². The fourth-order valence-corrected chi connectivity index (χ4v) is 2.25. The van der Waals surface area contributed by atoms with Crippen molar-refractivity contribution in [3.8, 4) is 6.07 Å². The number of aldehydes is 1. The molecule has 1 aliphatic rings. The molecule has 2 aromatic rings. The second-order valence-electron chi connectivity index (χ2n) is 5.25. The van der Waals surface area contributed by atoms with Gasteiger partial charge in [0.05, 0.1) is 30.8 Å². The summed E-state index contributed by atoms with van der Waals surface area (Å²) in [4.78, 5) is 19.1. The van der Waals surface area contributed by atoms with E-state index in [0.29, 0.717) is 36.8 Å². The van der Waals surface area contributed by atoms with Crippen molar-refractivity contribution in [2.45, 2.75) is 6.10 Å². The minimum Gasteiger partial charge on any atom is -0.380 e. The molecule has 0 saturated carbocycles.